The van der Waals surface area contributed by atoms with E-state index in [-0.39, 0.29) is 12.5 Å². The Labute approximate surface area is 266 Å². The van der Waals surface area contributed by atoms with Crippen molar-refractivity contribution in [1.82, 2.24) is 5.32 Å². The van der Waals surface area contributed by atoms with Crippen LogP contribution in [0.25, 0.3) is 0 Å². The molecule has 1 amide bonds. The zero-order chi connectivity index (χ0) is 31.6. The first-order valence-corrected chi connectivity index (χ1v) is 18.0. The van der Waals surface area contributed by atoms with Gasteiger partial charge in [0.05, 0.1) is 24.9 Å². The molecule has 0 aliphatic rings. The molecule has 5 heteroatoms. The Balaban J connectivity index is 3.76. The maximum Gasteiger partial charge on any atom is 0.220 e. The summed E-state index contributed by atoms with van der Waals surface area (Å²) in [7, 11) is 0. The van der Waals surface area contributed by atoms with Crippen molar-refractivity contribution < 1.29 is 20.1 Å². The highest BCUT2D eigenvalue weighted by atomic mass is 16.3. The third-order valence-corrected chi connectivity index (χ3v) is 7.92. The molecule has 43 heavy (non-hydrogen) atoms. The minimum atomic E-state index is -0.871. The summed E-state index contributed by atoms with van der Waals surface area (Å²) in [6.07, 6.45) is 40.7. The van der Waals surface area contributed by atoms with Crippen LogP contribution in [0.4, 0.5) is 0 Å². The lowest BCUT2D eigenvalue weighted by atomic mass is 10.0. The van der Waals surface area contributed by atoms with Crippen LogP contribution >= 0.6 is 0 Å². The summed E-state index contributed by atoms with van der Waals surface area (Å²) in [5.41, 5.74) is 0. The van der Waals surface area contributed by atoms with Crippen LogP contribution in [-0.2, 0) is 4.79 Å². The Morgan fingerprint density at radius 3 is 1.84 bits per heavy atom. The highest BCUT2D eigenvalue weighted by Crippen LogP contribution is 2.13. The molecule has 0 bridgehead atoms. The Morgan fingerprint density at radius 2 is 1.23 bits per heavy atom. The second kappa shape index (κ2) is 33.2. The molecular weight excluding hydrogens is 534 g/mol. The molecule has 0 radical (unpaired) electrons. The number of aliphatic hydroxyl groups is 3. The molecule has 0 heterocycles. The average Bonchev–Trinajstić information content (AvgIpc) is 3.00. The topological polar surface area (TPSA) is 89.8 Å². The Bertz CT molecular complexity index is 715. The average molecular weight is 604 g/mol. The first-order chi connectivity index (χ1) is 21.0. The van der Waals surface area contributed by atoms with E-state index in [9.17, 15) is 20.1 Å². The molecular formula is C38H69NO4. The number of hydrogen-bond acceptors (Lipinski definition) is 4. The van der Waals surface area contributed by atoms with E-state index in [1.807, 2.05) is 24.3 Å². The highest BCUT2D eigenvalue weighted by molar-refractivity contribution is 5.76. The van der Waals surface area contributed by atoms with Crippen molar-refractivity contribution in [3.8, 4) is 0 Å². The number of nitrogens with one attached hydrogen (secondary N) is 1. The van der Waals surface area contributed by atoms with Crippen molar-refractivity contribution in [1.29, 1.82) is 0 Å². The van der Waals surface area contributed by atoms with E-state index < -0.39 is 18.2 Å². The van der Waals surface area contributed by atoms with Crippen molar-refractivity contribution in [2.45, 2.75) is 180 Å². The van der Waals surface area contributed by atoms with Crippen LogP contribution in [0.15, 0.2) is 48.6 Å². The van der Waals surface area contributed by atoms with Crippen molar-refractivity contribution >= 4 is 5.91 Å². The number of carbonyl (C=O) groups is 1. The number of unbranched alkanes of at least 4 members (excludes halogenated alkanes) is 17. The number of aliphatic hydroxyl groups excluding tert-OH is 3. The van der Waals surface area contributed by atoms with Gasteiger partial charge in [0.2, 0.25) is 5.91 Å². The van der Waals surface area contributed by atoms with Crippen molar-refractivity contribution in [2.75, 3.05) is 6.61 Å². The molecule has 4 N–H and O–H groups in total. The minimum absolute atomic E-state index is 0.123. The van der Waals surface area contributed by atoms with E-state index in [0.717, 1.165) is 64.2 Å². The van der Waals surface area contributed by atoms with Gasteiger partial charge in [0.25, 0.3) is 0 Å². The van der Waals surface area contributed by atoms with Gasteiger partial charge in [-0.3, -0.25) is 4.79 Å². The molecule has 5 nitrogen and oxygen atoms in total. The second-order valence-corrected chi connectivity index (χ2v) is 12.1. The molecule has 1 unspecified atom stereocenters. The number of amides is 1. The van der Waals surface area contributed by atoms with Gasteiger partial charge in [-0.1, -0.05) is 165 Å². The largest absolute Gasteiger partial charge is 0.394 e. The maximum atomic E-state index is 12.3. The van der Waals surface area contributed by atoms with Gasteiger partial charge in [-0.2, -0.15) is 0 Å². The van der Waals surface area contributed by atoms with Gasteiger partial charge in [0.15, 0.2) is 0 Å². The van der Waals surface area contributed by atoms with E-state index in [4.69, 9.17) is 0 Å². The summed E-state index contributed by atoms with van der Waals surface area (Å²) in [6.45, 7) is 4.11. The lowest BCUT2D eigenvalue weighted by molar-refractivity contribution is -0.123. The van der Waals surface area contributed by atoms with Gasteiger partial charge in [-0.05, 0) is 38.5 Å². The van der Waals surface area contributed by atoms with E-state index >= 15 is 0 Å². The third kappa shape index (κ3) is 30.1. The summed E-state index contributed by atoms with van der Waals surface area (Å²) >= 11 is 0. The number of rotatable bonds is 31. The first-order valence-electron chi connectivity index (χ1n) is 18.0. The normalized spacial score (nSPS) is 14.4. The third-order valence-electron chi connectivity index (χ3n) is 7.92. The van der Waals surface area contributed by atoms with Gasteiger partial charge in [-0.25, -0.2) is 0 Å². The molecule has 0 spiro atoms. The van der Waals surface area contributed by atoms with E-state index in [0.29, 0.717) is 6.42 Å². The minimum Gasteiger partial charge on any atom is -0.394 e. The quantitative estimate of drug-likeness (QED) is 0.0361. The van der Waals surface area contributed by atoms with Crippen LogP contribution in [0.1, 0.15) is 162 Å². The smallest absolute Gasteiger partial charge is 0.220 e. The van der Waals surface area contributed by atoms with Crippen LogP contribution in [0, 0.1) is 0 Å². The van der Waals surface area contributed by atoms with E-state index in [1.165, 1.54) is 77.0 Å². The van der Waals surface area contributed by atoms with Crippen LogP contribution in [-0.4, -0.2) is 46.1 Å². The van der Waals surface area contributed by atoms with Crippen molar-refractivity contribution in [3.05, 3.63) is 48.6 Å². The summed E-state index contributed by atoms with van der Waals surface area (Å²) in [6, 6.07) is -0.660. The lowest BCUT2D eigenvalue weighted by Crippen LogP contribution is -2.45. The van der Waals surface area contributed by atoms with Gasteiger partial charge in [0, 0.05) is 6.42 Å². The Kier molecular flexibility index (Phi) is 31.9. The first kappa shape index (κ1) is 41.3. The van der Waals surface area contributed by atoms with E-state index in [1.54, 1.807) is 6.08 Å². The van der Waals surface area contributed by atoms with Crippen LogP contribution < -0.4 is 5.32 Å². The predicted octanol–water partition coefficient (Wildman–Crippen LogP) is 9.42. The molecule has 0 aliphatic heterocycles. The lowest BCUT2D eigenvalue weighted by Gasteiger charge is -2.20. The van der Waals surface area contributed by atoms with Crippen LogP contribution in [0.3, 0.4) is 0 Å². The van der Waals surface area contributed by atoms with Crippen molar-refractivity contribution in [2.24, 2.45) is 0 Å². The summed E-state index contributed by atoms with van der Waals surface area (Å²) < 4.78 is 0. The maximum absolute atomic E-state index is 12.3. The molecule has 0 saturated heterocycles. The zero-order valence-corrected chi connectivity index (χ0v) is 28.1. The molecule has 0 saturated carbocycles. The molecule has 0 aromatic carbocycles. The number of allylic oxidation sites excluding steroid dienone is 6. The van der Waals surface area contributed by atoms with E-state index in [2.05, 4.69) is 37.4 Å². The zero-order valence-electron chi connectivity index (χ0n) is 28.1. The van der Waals surface area contributed by atoms with Crippen LogP contribution in [0.5, 0.6) is 0 Å². The summed E-state index contributed by atoms with van der Waals surface area (Å²) in [5.74, 6) is -0.123. The standard InChI is InChI=1S/C38H69NO4/c1-3-5-7-9-11-12-13-14-15-16-17-18-20-24-28-32-37(42)36(34-40)39-38(43)33-29-25-21-23-27-31-35(41)30-26-22-19-10-8-6-4-2/h6,8,19,22,26,28,30,32,35-37,40-42H,3-5,7,9-18,20-21,23-25,27,29,31,33-34H2,1-2H3,(H,39,43)/b8-6+,22-19+,30-26+,32-28+/t35?,36-,37+/m0/s1. The van der Waals surface area contributed by atoms with Gasteiger partial charge in [0.1, 0.15) is 0 Å². The molecule has 0 aromatic rings. The van der Waals surface area contributed by atoms with Gasteiger partial charge >= 0.3 is 0 Å². The molecule has 0 aromatic heterocycles. The highest BCUT2D eigenvalue weighted by Gasteiger charge is 2.17. The fourth-order valence-corrected chi connectivity index (χ4v) is 5.12. The molecule has 0 fully saturated rings. The Morgan fingerprint density at radius 1 is 0.651 bits per heavy atom. The number of hydrogen-bond donors (Lipinski definition) is 4. The van der Waals surface area contributed by atoms with Crippen LogP contribution in [0.2, 0.25) is 0 Å². The van der Waals surface area contributed by atoms with Gasteiger partial charge in [-0.15, -0.1) is 0 Å². The number of carbonyl (C=O) groups excluding carboxylic acids is 1. The summed E-state index contributed by atoms with van der Waals surface area (Å²) in [5, 5.41) is 32.9. The van der Waals surface area contributed by atoms with Gasteiger partial charge < -0.3 is 20.6 Å². The molecule has 0 rings (SSSR count). The van der Waals surface area contributed by atoms with Crippen molar-refractivity contribution in [3.63, 3.8) is 0 Å². The molecule has 3 atom stereocenters. The summed E-state index contributed by atoms with van der Waals surface area (Å²) in [4.78, 5) is 12.3. The second-order valence-electron chi connectivity index (χ2n) is 12.1. The molecule has 250 valence electrons. The SMILES string of the molecule is CC/C=C/C/C=C/C=C/C(O)CCCCCCCC(=O)N[C@@H](CO)[C@H](O)/C=C/CCCCCCCCCCCCCCC. The molecule has 0 aliphatic carbocycles. The monoisotopic (exact) mass is 604 g/mol. The fourth-order valence-electron chi connectivity index (χ4n) is 5.12. The Hall–Kier alpha value is -1.69. The predicted molar refractivity (Wildman–Crippen MR) is 185 cm³/mol. The fraction of sp³-hybridized carbons (Fsp3) is 0.763.